The third-order valence-corrected chi connectivity index (χ3v) is 4.51. The Bertz CT molecular complexity index is 844. The standard InChI is InChI=1S/C21H24N2O3/c1-4-5-10-23(3)13-16-17(24)11-14(2)19-20(25)18(26-21(16)19)12-15-8-6-7-9-22-15/h6-9,11-12,24H,4-5,10,13H2,1-3H3/b18-12-. The van der Waals surface area contributed by atoms with E-state index in [4.69, 9.17) is 4.74 Å². The van der Waals surface area contributed by atoms with Crippen LogP contribution in [0.1, 0.15) is 46.9 Å². The minimum absolute atomic E-state index is 0.163. The number of pyridine rings is 1. The van der Waals surface area contributed by atoms with Crippen molar-refractivity contribution in [3.63, 3.8) is 0 Å². The zero-order valence-corrected chi connectivity index (χ0v) is 15.5. The van der Waals surface area contributed by atoms with Crippen LogP contribution in [0, 0.1) is 6.92 Å². The molecule has 0 atom stereocenters. The van der Waals surface area contributed by atoms with Crippen molar-refractivity contribution in [3.05, 3.63) is 58.6 Å². The molecule has 0 radical (unpaired) electrons. The van der Waals surface area contributed by atoms with E-state index in [1.54, 1.807) is 18.3 Å². The lowest BCUT2D eigenvalue weighted by Gasteiger charge is -2.19. The molecule has 2 aromatic rings. The number of nitrogens with zero attached hydrogens (tertiary/aromatic N) is 2. The molecule has 0 amide bonds. The highest BCUT2D eigenvalue weighted by Crippen LogP contribution is 2.42. The summed E-state index contributed by atoms with van der Waals surface area (Å²) in [5.41, 5.74) is 2.56. The molecule has 0 saturated heterocycles. The highest BCUT2D eigenvalue weighted by atomic mass is 16.5. The first-order valence-corrected chi connectivity index (χ1v) is 8.90. The molecular formula is C21H24N2O3. The SMILES string of the molecule is CCCCN(C)Cc1c(O)cc(C)c2c1O/C(=C\c1ccccn1)C2=O. The van der Waals surface area contributed by atoms with Crippen LogP contribution >= 0.6 is 0 Å². The summed E-state index contributed by atoms with van der Waals surface area (Å²) in [6.07, 6.45) is 5.50. The number of phenolic OH excluding ortho intramolecular Hbond substituents is 1. The Morgan fingerprint density at radius 3 is 2.85 bits per heavy atom. The van der Waals surface area contributed by atoms with E-state index in [1.807, 2.05) is 32.2 Å². The van der Waals surface area contributed by atoms with Crippen LogP contribution in [0.5, 0.6) is 11.5 Å². The van der Waals surface area contributed by atoms with Gasteiger partial charge in [0.1, 0.15) is 11.5 Å². The van der Waals surface area contributed by atoms with Crippen LogP contribution < -0.4 is 4.74 Å². The predicted molar refractivity (Wildman–Crippen MR) is 101 cm³/mol. The average molecular weight is 352 g/mol. The number of hydrogen-bond donors (Lipinski definition) is 1. The molecular weight excluding hydrogens is 328 g/mol. The molecule has 1 aromatic carbocycles. The van der Waals surface area contributed by atoms with Gasteiger partial charge in [-0.2, -0.15) is 0 Å². The van der Waals surface area contributed by atoms with E-state index in [1.165, 1.54) is 0 Å². The summed E-state index contributed by atoms with van der Waals surface area (Å²) in [4.78, 5) is 19.2. The fourth-order valence-electron chi connectivity index (χ4n) is 3.11. The third kappa shape index (κ3) is 3.63. The van der Waals surface area contributed by atoms with Crippen molar-refractivity contribution in [2.45, 2.75) is 33.2 Å². The van der Waals surface area contributed by atoms with E-state index in [0.29, 0.717) is 34.7 Å². The topological polar surface area (TPSA) is 62.7 Å². The molecule has 5 heteroatoms. The zero-order chi connectivity index (χ0) is 18.7. The number of carbonyl (C=O) groups is 1. The maximum absolute atomic E-state index is 12.8. The minimum Gasteiger partial charge on any atom is -0.507 e. The van der Waals surface area contributed by atoms with Crippen LogP contribution in [0.2, 0.25) is 0 Å². The van der Waals surface area contributed by atoms with Gasteiger partial charge in [0, 0.05) is 18.8 Å². The number of hydrogen-bond acceptors (Lipinski definition) is 5. The monoisotopic (exact) mass is 352 g/mol. The summed E-state index contributed by atoms with van der Waals surface area (Å²) in [6, 6.07) is 7.14. The molecule has 0 bridgehead atoms. The molecule has 0 saturated carbocycles. The van der Waals surface area contributed by atoms with E-state index in [0.717, 1.165) is 19.4 Å². The van der Waals surface area contributed by atoms with Gasteiger partial charge in [-0.3, -0.25) is 9.78 Å². The number of benzene rings is 1. The van der Waals surface area contributed by atoms with Crippen molar-refractivity contribution in [1.82, 2.24) is 9.88 Å². The molecule has 136 valence electrons. The second-order valence-corrected chi connectivity index (χ2v) is 6.68. The van der Waals surface area contributed by atoms with E-state index in [2.05, 4.69) is 16.8 Å². The lowest BCUT2D eigenvalue weighted by atomic mass is 9.99. The van der Waals surface area contributed by atoms with Crippen molar-refractivity contribution < 1.29 is 14.6 Å². The van der Waals surface area contributed by atoms with E-state index >= 15 is 0 Å². The number of ketones is 1. The highest BCUT2D eigenvalue weighted by molar-refractivity contribution is 6.15. The lowest BCUT2D eigenvalue weighted by molar-refractivity contribution is 0.101. The van der Waals surface area contributed by atoms with Crippen molar-refractivity contribution >= 4 is 11.9 Å². The molecule has 1 aliphatic heterocycles. The Morgan fingerprint density at radius 2 is 2.15 bits per heavy atom. The quantitative estimate of drug-likeness (QED) is 0.798. The first-order valence-electron chi connectivity index (χ1n) is 8.90. The number of phenols is 1. The minimum atomic E-state index is -0.166. The molecule has 1 N–H and O–H groups in total. The highest BCUT2D eigenvalue weighted by Gasteiger charge is 2.33. The molecule has 0 unspecified atom stereocenters. The van der Waals surface area contributed by atoms with Crippen molar-refractivity contribution in [1.29, 1.82) is 0 Å². The van der Waals surface area contributed by atoms with Gasteiger partial charge in [-0.05, 0) is 50.7 Å². The summed E-state index contributed by atoms with van der Waals surface area (Å²) >= 11 is 0. The van der Waals surface area contributed by atoms with Gasteiger partial charge in [0.15, 0.2) is 5.76 Å². The van der Waals surface area contributed by atoms with Gasteiger partial charge in [-0.25, -0.2) is 0 Å². The number of Topliss-reactive ketones (excluding diaryl/α,β-unsaturated/α-hetero) is 1. The van der Waals surface area contributed by atoms with Gasteiger partial charge >= 0.3 is 0 Å². The second kappa shape index (κ2) is 7.70. The molecule has 5 nitrogen and oxygen atoms in total. The van der Waals surface area contributed by atoms with Crippen LogP contribution in [-0.4, -0.2) is 34.4 Å². The summed E-state index contributed by atoms with van der Waals surface area (Å²) in [7, 11) is 2.00. The predicted octanol–water partition coefficient (Wildman–Crippen LogP) is 3.94. The maximum atomic E-state index is 12.8. The fraction of sp³-hybridized carbons (Fsp3) is 0.333. The Balaban J connectivity index is 1.96. The Hall–Kier alpha value is -2.66. The maximum Gasteiger partial charge on any atom is 0.232 e. The zero-order valence-electron chi connectivity index (χ0n) is 15.5. The second-order valence-electron chi connectivity index (χ2n) is 6.68. The van der Waals surface area contributed by atoms with E-state index in [9.17, 15) is 9.90 Å². The van der Waals surface area contributed by atoms with Crippen LogP contribution in [-0.2, 0) is 6.54 Å². The normalized spacial score (nSPS) is 14.8. The number of aryl methyl sites for hydroxylation is 1. The first kappa shape index (κ1) is 18.1. The summed E-state index contributed by atoms with van der Waals surface area (Å²) < 4.78 is 5.91. The number of fused-ring (bicyclic) bond motifs is 1. The Kier molecular flexibility index (Phi) is 5.38. The van der Waals surface area contributed by atoms with E-state index in [-0.39, 0.29) is 17.3 Å². The van der Waals surface area contributed by atoms with Crippen molar-refractivity contribution in [2.75, 3.05) is 13.6 Å². The Morgan fingerprint density at radius 1 is 1.35 bits per heavy atom. The number of allylic oxidation sites excluding steroid dienone is 1. The first-order chi connectivity index (χ1) is 12.5. The van der Waals surface area contributed by atoms with Gasteiger partial charge in [0.2, 0.25) is 5.78 Å². The molecule has 0 spiro atoms. The fourth-order valence-corrected chi connectivity index (χ4v) is 3.11. The molecule has 26 heavy (non-hydrogen) atoms. The Labute approximate surface area is 153 Å². The summed E-state index contributed by atoms with van der Waals surface area (Å²) in [5, 5.41) is 10.4. The van der Waals surface area contributed by atoms with Crippen LogP contribution in [0.15, 0.2) is 36.2 Å². The van der Waals surface area contributed by atoms with Crippen LogP contribution in [0.25, 0.3) is 6.08 Å². The largest absolute Gasteiger partial charge is 0.507 e. The number of rotatable bonds is 6. The molecule has 0 fully saturated rings. The lowest BCUT2D eigenvalue weighted by Crippen LogP contribution is -2.19. The van der Waals surface area contributed by atoms with Crippen molar-refractivity contribution in [2.24, 2.45) is 0 Å². The molecule has 1 aromatic heterocycles. The summed E-state index contributed by atoms with van der Waals surface area (Å²) in [6.45, 7) is 5.40. The number of aromatic hydroxyl groups is 1. The van der Waals surface area contributed by atoms with Crippen LogP contribution in [0.3, 0.4) is 0 Å². The average Bonchev–Trinajstić information content (AvgIpc) is 2.94. The molecule has 3 rings (SSSR count). The number of unbranched alkanes of at least 4 members (excludes halogenated alkanes) is 1. The number of carbonyl (C=O) groups excluding carboxylic acids is 1. The van der Waals surface area contributed by atoms with Gasteiger partial charge in [-0.15, -0.1) is 0 Å². The van der Waals surface area contributed by atoms with Crippen LogP contribution in [0.4, 0.5) is 0 Å². The van der Waals surface area contributed by atoms with Gasteiger partial charge < -0.3 is 14.7 Å². The number of ether oxygens (including phenoxy) is 1. The van der Waals surface area contributed by atoms with Crippen molar-refractivity contribution in [3.8, 4) is 11.5 Å². The van der Waals surface area contributed by atoms with Gasteiger partial charge in [0.05, 0.1) is 16.8 Å². The van der Waals surface area contributed by atoms with E-state index < -0.39 is 0 Å². The van der Waals surface area contributed by atoms with Gasteiger partial charge in [-0.1, -0.05) is 19.4 Å². The number of aromatic nitrogens is 1. The molecule has 0 aliphatic carbocycles. The molecule has 2 heterocycles. The van der Waals surface area contributed by atoms with Gasteiger partial charge in [0.25, 0.3) is 0 Å². The molecule has 1 aliphatic rings. The summed E-state index contributed by atoms with van der Waals surface area (Å²) in [5.74, 6) is 0.708. The smallest absolute Gasteiger partial charge is 0.232 e. The third-order valence-electron chi connectivity index (χ3n) is 4.51.